The van der Waals surface area contributed by atoms with Gasteiger partial charge < -0.3 is 10.5 Å². The van der Waals surface area contributed by atoms with E-state index in [9.17, 15) is 0 Å². The number of morpholine rings is 1. The summed E-state index contributed by atoms with van der Waals surface area (Å²) in [6.07, 6.45) is 6.98. The Balaban J connectivity index is 1.93. The van der Waals surface area contributed by atoms with Crippen molar-refractivity contribution in [1.82, 2.24) is 4.90 Å². The number of nitrogens with zero attached hydrogens (tertiary/aromatic N) is 1. The number of fused-ring (bicyclic) bond motifs is 2. The van der Waals surface area contributed by atoms with E-state index < -0.39 is 0 Å². The number of hydrogen-bond acceptors (Lipinski definition) is 3. The van der Waals surface area contributed by atoms with Crippen molar-refractivity contribution in [2.75, 3.05) is 13.1 Å². The highest BCUT2D eigenvalue weighted by Crippen LogP contribution is 2.28. The molecule has 2 rings (SSSR count). The summed E-state index contributed by atoms with van der Waals surface area (Å²) in [5, 5.41) is 0. The lowest BCUT2D eigenvalue weighted by atomic mass is 9.99. The van der Waals surface area contributed by atoms with E-state index >= 15 is 0 Å². The molecule has 16 heavy (non-hydrogen) atoms. The van der Waals surface area contributed by atoms with Crippen LogP contribution in [0.2, 0.25) is 0 Å². The monoisotopic (exact) mass is 226 g/mol. The highest BCUT2D eigenvalue weighted by molar-refractivity contribution is 4.90. The van der Waals surface area contributed by atoms with Crippen molar-refractivity contribution >= 4 is 0 Å². The second-order valence-corrected chi connectivity index (χ2v) is 5.34. The van der Waals surface area contributed by atoms with Gasteiger partial charge >= 0.3 is 0 Å². The SMILES string of the molecule is CCCC(N)C(CC)N1CC2CCC(C1)O2. The lowest BCUT2D eigenvalue weighted by Crippen LogP contribution is -2.54. The van der Waals surface area contributed by atoms with Crippen molar-refractivity contribution in [2.45, 2.75) is 70.2 Å². The Morgan fingerprint density at radius 1 is 1.25 bits per heavy atom. The van der Waals surface area contributed by atoms with Gasteiger partial charge in [-0.25, -0.2) is 0 Å². The van der Waals surface area contributed by atoms with Gasteiger partial charge in [0.25, 0.3) is 0 Å². The maximum Gasteiger partial charge on any atom is 0.0707 e. The Hall–Kier alpha value is -0.120. The van der Waals surface area contributed by atoms with Crippen molar-refractivity contribution in [3.63, 3.8) is 0 Å². The summed E-state index contributed by atoms with van der Waals surface area (Å²) in [4.78, 5) is 2.59. The standard InChI is InChI=1S/C13H26N2O/c1-3-5-12(14)13(4-2)15-8-10-6-7-11(9-15)16-10/h10-13H,3-9,14H2,1-2H3. The molecule has 94 valence electrons. The molecule has 2 fully saturated rings. The molecule has 0 aromatic rings. The van der Waals surface area contributed by atoms with E-state index in [1.54, 1.807) is 0 Å². The Morgan fingerprint density at radius 2 is 1.88 bits per heavy atom. The van der Waals surface area contributed by atoms with Crippen LogP contribution in [0.25, 0.3) is 0 Å². The minimum absolute atomic E-state index is 0.340. The fourth-order valence-corrected chi connectivity index (χ4v) is 3.27. The molecule has 4 unspecified atom stereocenters. The Labute approximate surface area is 99.3 Å². The minimum Gasteiger partial charge on any atom is -0.372 e. The first-order chi connectivity index (χ1) is 7.74. The second kappa shape index (κ2) is 5.48. The van der Waals surface area contributed by atoms with Crippen molar-refractivity contribution in [3.05, 3.63) is 0 Å². The van der Waals surface area contributed by atoms with E-state index in [1.165, 1.54) is 25.7 Å². The molecule has 0 aromatic carbocycles. The maximum atomic E-state index is 6.30. The summed E-state index contributed by atoms with van der Waals surface area (Å²) >= 11 is 0. The van der Waals surface area contributed by atoms with Crippen LogP contribution in [0.1, 0.15) is 46.0 Å². The van der Waals surface area contributed by atoms with E-state index in [0.717, 1.165) is 19.5 Å². The molecule has 2 heterocycles. The van der Waals surface area contributed by atoms with Gasteiger partial charge in [0.1, 0.15) is 0 Å². The molecule has 4 atom stereocenters. The molecule has 2 bridgehead atoms. The molecular formula is C13H26N2O. The third-order valence-electron chi connectivity index (χ3n) is 4.08. The highest BCUT2D eigenvalue weighted by Gasteiger charge is 2.37. The van der Waals surface area contributed by atoms with Crippen LogP contribution in [0.3, 0.4) is 0 Å². The predicted octanol–water partition coefficient (Wildman–Crippen LogP) is 1.76. The van der Waals surface area contributed by atoms with Crippen LogP contribution in [0.15, 0.2) is 0 Å². The molecule has 0 spiro atoms. The molecule has 3 nitrogen and oxygen atoms in total. The van der Waals surface area contributed by atoms with Crippen LogP contribution in [0.4, 0.5) is 0 Å². The molecule has 2 saturated heterocycles. The average molecular weight is 226 g/mol. The van der Waals surface area contributed by atoms with E-state index in [4.69, 9.17) is 10.5 Å². The number of likely N-dealkylation sites (tertiary alicyclic amines) is 1. The second-order valence-electron chi connectivity index (χ2n) is 5.34. The zero-order chi connectivity index (χ0) is 11.5. The fraction of sp³-hybridized carbons (Fsp3) is 1.00. The molecular weight excluding hydrogens is 200 g/mol. The fourth-order valence-electron chi connectivity index (χ4n) is 3.27. The maximum absolute atomic E-state index is 6.30. The molecule has 3 heteroatoms. The first-order valence-electron chi connectivity index (χ1n) is 6.89. The normalized spacial score (nSPS) is 33.9. The van der Waals surface area contributed by atoms with Gasteiger partial charge in [-0.05, 0) is 25.7 Å². The quantitative estimate of drug-likeness (QED) is 0.776. The smallest absolute Gasteiger partial charge is 0.0707 e. The summed E-state index contributed by atoms with van der Waals surface area (Å²) < 4.78 is 5.88. The lowest BCUT2D eigenvalue weighted by molar-refractivity contribution is -0.0568. The van der Waals surface area contributed by atoms with Crippen molar-refractivity contribution in [1.29, 1.82) is 0 Å². The van der Waals surface area contributed by atoms with Gasteiger partial charge in [-0.15, -0.1) is 0 Å². The zero-order valence-corrected chi connectivity index (χ0v) is 10.7. The average Bonchev–Trinajstić information content (AvgIpc) is 2.59. The van der Waals surface area contributed by atoms with Crippen LogP contribution in [-0.2, 0) is 4.74 Å². The summed E-state index contributed by atoms with van der Waals surface area (Å²) in [5.74, 6) is 0. The van der Waals surface area contributed by atoms with Gasteiger partial charge in [0.05, 0.1) is 12.2 Å². The topological polar surface area (TPSA) is 38.5 Å². The highest BCUT2D eigenvalue weighted by atomic mass is 16.5. The molecule has 0 amide bonds. The molecule has 0 aliphatic carbocycles. The van der Waals surface area contributed by atoms with Crippen molar-refractivity contribution in [3.8, 4) is 0 Å². The van der Waals surface area contributed by atoms with E-state index in [0.29, 0.717) is 24.3 Å². The van der Waals surface area contributed by atoms with Gasteiger partial charge in [-0.2, -0.15) is 0 Å². The van der Waals surface area contributed by atoms with Gasteiger partial charge in [0.2, 0.25) is 0 Å². The molecule has 0 aromatic heterocycles. The largest absolute Gasteiger partial charge is 0.372 e. The van der Waals surface area contributed by atoms with Gasteiger partial charge in [0.15, 0.2) is 0 Å². The Kier molecular flexibility index (Phi) is 4.22. The zero-order valence-electron chi connectivity index (χ0n) is 10.7. The van der Waals surface area contributed by atoms with Gasteiger partial charge in [-0.3, -0.25) is 4.90 Å². The van der Waals surface area contributed by atoms with Crippen LogP contribution >= 0.6 is 0 Å². The van der Waals surface area contributed by atoms with Gasteiger partial charge in [0, 0.05) is 25.2 Å². The first-order valence-corrected chi connectivity index (χ1v) is 6.89. The molecule has 0 saturated carbocycles. The molecule has 2 aliphatic heterocycles. The molecule has 2 aliphatic rings. The predicted molar refractivity (Wildman–Crippen MR) is 66.4 cm³/mol. The van der Waals surface area contributed by atoms with Crippen LogP contribution in [-0.4, -0.2) is 42.3 Å². The van der Waals surface area contributed by atoms with Crippen molar-refractivity contribution < 1.29 is 4.74 Å². The van der Waals surface area contributed by atoms with Crippen LogP contribution in [0, 0.1) is 0 Å². The summed E-state index contributed by atoms with van der Waals surface area (Å²) in [7, 11) is 0. The number of ether oxygens (including phenoxy) is 1. The number of rotatable bonds is 5. The summed E-state index contributed by atoms with van der Waals surface area (Å²) in [5.41, 5.74) is 6.30. The third-order valence-corrected chi connectivity index (χ3v) is 4.08. The van der Waals surface area contributed by atoms with Crippen LogP contribution in [0.5, 0.6) is 0 Å². The number of hydrogen-bond donors (Lipinski definition) is 1. The van der Waals surface area contributed by atoms with Crippen LogP contribution < -0.4 is 5.73 Å². The molecule has 0 radical (unpaired) electrons. The lowest BCUT2D eigenvalue weighted by Gasteiger charge is -2.40. The Bertz CT molecular complexity index is 210. The Morgan fingerprint density at radius 3 is 2.38 bits per heavy atom. The molecule has 2 N–H and O–H groups in total. The van der Waals surface area contributed by atoms with E-state index in [-0.39, 0.29) is 0 Å². The number of nitrogens with two attached hydrogens (primary N) is 1. The van der Waals surface area contributed by atoms with E-state index in [1.807, 2.05) is 0 Å². The third kappa shape index (κ3) is 2.58. The minimum atomic E-state index is 0.340. The van der Waals surface area contributed by atoms with E-state index in [2.05, 4.69) is 18.7 Å². The van der Waals surface area contributed by atoms with Gasteiger partial charge in [-0.1, -0.05) is 20.3 Å². The first kappa shape index (κ1) is 12.3. The summed E-state index contributed by atoms with van der Waals surface area (Å²) in [6.45, 7) is 6.69. The van der Waals surface area contributed by atoms with Crippen molar-refractivity contribution in [2.24, 2.45) is 5.73 Å². The summed E-state index contributed by atoms with van der Waals surface area (Å²) in [6, 6.07) is 0.902.